The van der Waals surface area contributed by atoms with E-state index in [0.717, 1.165) is 47.9 Å². The van der Waals surface area contributed by atoms with E-state index in [1.54, 1.807) is 15.4 Å². The first-order chi connectivity index (χ1) is 14.2. The van der Waals surface area contributed by atoms with E-state index in [1.165, 1.54) is 0 Å². The maximum atomic E-state index is 13.0. The summed E-state index contributed by atoms with van der Waals surface area (Å²) in [5.74, 6) is 1.11. The van der Waals surface area contributed by atoms with Gasteiger partial charge in [-0.3, -0.25) is 4.68 Å². The van der Waals surface area contributed by atoms with Crippen molar-refractivity contribution in [2.45, 2.75) is 12.5 Å². The lowest BCUT2D eigenvalue weighted by Crippen LogP contribution is -2.46. The molecule has 0 saturated carbocycles. The second kappa shape index (κ2) is 7.13. The molecule has 0 amide bonds. The van der Waals surface area contributed by atoms with E-state index in [4.69, 9.17) is 4.74 Å². The van der Waals surface area contributed by atoms with Crippen LogP contribution in [0, 0.1) is 5.82 Å². The van der Waals surface area contributed by atoms with Gasteiger partial charge in [0.1, 0.15) is 12.3 Å². The fourth-order valence-electron chi connectivity index (χ4n) is 3.23. The number of nitrogens with one attached hydrogen (secondary N) is 2. The Labute approximate surface area is 165 Å². The minimum atomic E-state index is -0.488. The Balaban J connectivity index is 1.41. The molecular formula is C19H19FN8O. The summed E-state index contributed by atoms with van der Waals surface area (Å²) in [6.45, 7) is 1.67. The van der Waals surface area contributed by atoms with Gasteiger partial charge in [0.05, 0.1) is 24.1 Å². The Morgan fingerprint density at radius 2 is 2.10 bits per heavy atom. The smallest absolute Gasteiger partial charge is 0.228 e. The van der Waals surface area contributed by atoms with E-state index in [1.807, 2.05) is 31.4 Å². The van der Waals surface area contributed by atoms with Crippen molar-refractivity contribution in [3.63, 3.8) is 0 Å². The number of hydrogen-bond donors (Lipinski definition) is 2. The molecule has 0 spiro atoms. The van der Waals surface area contributed by atoms with Crippen LogP contribution in [0.1, 0.15) is 6.42 Å². The van der Waals surface area contributed by atoms with Crippen LogP contribution in [0.3, 0.4) is 0 Å². The zero-order valence-corrected chi connectivity index (χ0v) is 15.7. The van der Waals surface area contributed by atoms with Crippen LogP contribution in [-0.2, 0) is 7.05 Å². The van der Waals surface area contributed by atoms with E-state index in [9.17, 15) is 4.39 Å². The highest BCUT2D eigenvalue weighted by Gasteiger charge is 2.19. The lowest BCUT2D eigenvalue weighted by atomic mass is 10.1. The maximum Gasteiger partial charge on any atom is 0.228 e. The molecule has 4 aromatic heterocycles. The van der Waals surface area contributed by atoms with Crippen molar-refractivity contribution in [1.29, 1.82) is 0 Å². The average Bonchev–Trinajstić information content (AvgIpc) is 3.24. The van der Waals surface area contributed by atoms with Gasteiger partial charge in [-0.15, -0.1) is 0 Å². The number of nitrogens with zero attached hydrogens (tertiary/aromatic N) is 6. The van der Waals surface area contributed by atoms with E-state index < -0.39 is 5.82 Å². The second-order valence-electron chi connectivity index (χ2n) is 6.90. The molecule has 1 aliphatic rings. The summed E-state index contributed by atoms with van der Waals surface area (Å²) < 4.78 is 22.5. The van der Waals surface area contributed by atoms with Crippen LogP contribution in [0.4, 0.5) is 16.2 Å². The van der Waals surface area contributed by atoms with Crippen molar-refractivity contribution in [2.24, 2.45) is 7.05 Å². The Kier molecular flexibility index (Phi) is 4.32. The van der Waals surface area contributed by atoms with Crippen LogP contribution in [0.25, 0.3) is 16.8 Å². The molecule has 148 valence electrons. The number of rotatable bonds is 6. The van der Waals surface area contributed by atoms with Gasteiger partial charge in [0.25, 0.3) is 0 Å². The topological polar surface area (TPSA) is 94.2 Å². The normalized spacial score (nSPS) is 16.0. The van der Waals surface area contributed by atoms with E-state index in [-0.39, 0.29) is 5.95 Å². The predicted molar refractivity (Wildman–Crippen MR) is 105 cm³/mol. The molecule has 1 atom stereocenters. The number of aryl methyl sites for hydroxylation is 1. The highest BCUT2D eigenvalue weighted by molar-refractivity contribution is 5.72. The lowest BCUT2D eigenvalue weighted by Gasteiger charge is -2.27. The van der Waals surface area contributed by atoms with Gasteiger partial charge < -0.3 is 15.4 Å². The average molecular weight is 394 g/mol. The third kappa shape index (κ3) is 3.49. The van der Waals surface area contributed by atoms with Crippen molar-refractivity contribution in [2.75, 3.05) is 18.5 Å². The fraction of sp³-hybridized carbons (Fsp3) is 0.263. The standard InChI is InChI=1S/C19H19FN8O/c1-27-18(16(10-24-27)29-11-14-2-4-21-14)12-3-5-28-15(6-12)7-17(26-28)25-19-22-8-13(20)9-23-19/h3,5-10,14,21H,2,4,11H2,1H3,(H,22,23,25,26)/t14-/m1/s1. The molecule has 1 fully saturated rings. The van der Waals surface area contributed by atoms with Gasteiger partial charge in [0.2, 0.25) is 5.95 Å². The molecule has 10 heteroatoms. The Morgan fingerprint density at radius 1 is 1.28 bits per heavy atom. The van der Waals surface area contributed by atoms with Gasteiger partial charge in [-0.25, -0.2) is 18.9 Å². The third-order valence-electron chi connectivity index (χ3n) is 4.87. The van der Waals surface area contributed by atoms with Gasteiger partial charge in [0, 0.05) is 30.9 Å². The number of halogens is 1. The molecule has 0 radical (unpaired) electrons. The summed E-state index contributed by atoms with van der Waals surface area (Å²) in [6.07, 6.45) is 6.95. The van der Waals surface area contributed by atoms with Gasteiger partial charge in [-0.1, -0.05) is 0 Å². The first-order valence-corrected chi connectivity index (χ1v) is 9.28. The Hall–Kier alpha value is -3.53. The van der Waals surface area contributed by atoms with Crippen molar-refractivity contribution < 1.29 is 9.13 Å². The summed E-state index contributed by atoms with van der Waals surface area (Å²) in [5.41, 5.74) is 2.75. The Bertz CT molecular complexity index is 1150. The van der Waals surface area contributed by atoms with Crippen LogP contribution < -0.4 is 15.4 Å². The molecule has 4 aromatic rings. The van der Waals surface area contributed by atoms with Crippen LogP contribution in [0.5, 0.6) is 5.75 Å². The second-order valence-corrected chi connectivity index (χ2v) is 6.90. The van der Waals surface area contributed by atoms with Crippen molar-refractivity contribution in [3.8, 4) is 17.0 Å². The zero-order chi connectivity index (χ0) is 19.8. The molecule has 0 aromatic carbocycles. The number of fused-ring (bicyclic) bond motifs is 1. The van der Waals surface area contributed by atoms with Gasteiger partial charge in [-0.05, 0) is 25.1 Å². The Morgan fingerprint density at radius 3 is 2.86 bits per heavy atom. The number of anilines is 2. The summed E-state index contributed by atoms with van der Waals surface area (Å²) >= 11 is 0. The monoisotopic (exact) mass is 394 g/mol. The SMILES string of the molecule is Cn1ncc(OC[C@H]2CCN2)c1-c1ccn2nc(Nc3ncc(F)cn3)cc2c1. The van der Waals surface area contributed by atoms with E-state index >= 15 is 0 Å². The zero-order valence-electron chi connectivity index (χ0n) is 15.7. The minimum Gasteiger partial charge on any atom is -0.488 e. The number of hydrogen-bond acceptors (Lipinski definition) is 7. The third-order valence-corrected chi connectivity index (χ3v) is 4.87. The quantitative estimate of drug-likeness (QED) is 0.517. The number of aromatic nitrogens is 6. The highest BCUT2D eigenvalue weighted by Crippen LogP contribution is 2.31. The van der Waals surface area contributed by atoms with E-state index in [2.05, 4.69) is 30.8 Å². The molecule has 1 aliphatic heterocycles. The molecule has 5 heterocycles. The molecule has 1 saturated heterocycles. The van der Waals surface area contributed by atoms with Gasteiger partial charge in [0.15, 0.2) is 17.4 Å². The molecule has 0 aliphatic carbocycles. The summed E-state index contributed by atoms with van der Waals surface area (Å²) in [5, 5.41) is 15.1. The number of pyridine rings is 1. The maximum absolute atomic E-state index is 13.0. The molecule has 9 nitrogen and oxygen atoms in total. The molecule has 0 bridgehead atoms. The first-order valence-electron chi connectivity index (χ1n) is 9.28. The van der Waals surface area contributed by atoms with Gasteiger partial charge >= 0.3 is 0 Å². The van der Waals surface area contributed by atoms with Crippen LogP contribution in [-0.4, -0.2) is 48.6 Å². The van der Waals surface area contributed by atoms with Crippen molar-refractivity contribution in [3.05, 3.63) is 48.8 Å². The predicted octanol–water partition coefficient (Wildman–Crippen LogP) is 2.15. The lowest BCUT2D eigenvalue weighted by molar-refractivity contribution is 0.218. The van der Waals surface area contributed by atoms with Crippen LogP contribution in [0.15, 0.2) is 43.0 Å². The summed E-state index contributed by atoms with van der Waals surface area (Å²) in [4.78, 5) is 7.78. The first kappa shape index (κ1) is 17.6. The molecule has 5 rings (SSSR count). The molecule has 2 N–H and O–H groups in total. The van der Waals surface area contributed by atoms with E-state index in [0.29, 0.717) is 18.5 Å². The van der Waals surface area contributed by atoms with Crippen molar-refractivity contribution in [1.82, 2.24) is 34.7 Å². The van der Waals surface area contributed by atoms with Gasteiger partial charge in [-0.2, -0.15) is 10.2 Å². The van der Waals surface area contributed by atoms with Crippen LogP contribution >= 0.6 is 0 Å². The van der Waals surface area contributed by atoms with Crippen molar-refractivity contribution >= 4 is 17.3 Å². The number of ether oxygens (including phenoxy) is 1. The summed E-state index contributed by atoms with van der Waals surface area (Å²) in [7, 11) is 1.89. The summed E-state index contributed by atoms with van der Waals surface area (Å²) in [6, 6.07) is 6.24. The fourth-order valence-corrected chi connectivity index (χ4v) is 3.23. The van der Waals surface area contributed by atoms with Crippen LogP contribution in [0.2, 0.25) is 0 Å². The minimum absolute atomic E-state index is 0.280. The molecule has 0 unspecified atom stereocenters. The highest BCUT2D eigenvalue weighted by atomic mass is 19.1. The molecular weight excluding hydrogens is 375 g/mol. The molecule has 29 heavy (non-hydrogen) atoms. The largest absolute Gasteiger partial charge is 0.488 e.